The van der Waals surface area contributed by atoms with Crippen LogP contribution in [0.2, 0.25) is 0 Å². The van der Waals surface area contributed by atoms with Crippen molar-refractivity contribution in [2.24, 2.45) is 11.3 Å². The van der Waals surface area contributed by atoms with Crippen molar-refractivity contribution in [3.05, 3.63) is 22.8 Å². The van der Waals surface area contributed by atoms with Gasteiger partial charge in [0.25, 0.3) is 0 Å². The highest BCUT2D eigenvalue weighted by Crippen LogP contribution is 2.44. The normalized spacial score (nSPS) is 22.0. The second-order valence-corrected chi connectivity index (χ2v) is 6.86. The molecule has 3 rings (SSSR count). The van der Waals surface area contributed by atoms with Crippen LogP contribution in [0.4, 0.5) is 13.2 Å². The van der Waals surface area contributed by atoms with E-state index in [0.717, 1.165) is 12.8 Å². The molecule has 1 heterocycles. The number of hydrogen-bond donors (Lipinski definition) is 2. The van der Waals surface area contributed by atoms with E-state index >= 15 is 0 Å². The first kappa shape index (κ1) is 17.1. The first-order valence-electron chi connectivity index (χ1n) is 8.06. The molecule has 2 aliphatic rings. The van der Waals surface area contributed by atoms with Crippen molar-refractivity contribution < 1.29 is 23.1 Å². The highest BCUT2D eigenvalue weighted by Gasteiger charge is 2.43. The molecule has 2 aliphatic carbocycles. The fourth-order valence-electron chi connectivity index (χ4n) is 3.18. The molecule has 0 saturated heterocycles. The minimum atomic E-state index is -4.55. The van der Waals surface area contributed by atoms with E-state index in [1.165, 1.54) is 6.92 Å². The maximum atomic E-state index is 13.2. The van der Waals surface area contributed by atoms with Gasteiger partial charge in [-0.15, -0.1) is 0 Å². The van der Waals surface area contributed by atoms with Crippen molar-refractivity contribution in [1.29, 1.82) is 0 Å². The summed E-state index contributed by atoms with van der Waals surface area (Å²) in [4.78, 5) is 20.0. The molecule has 1 saturated carbocycles. The highest BCUT2D eigenvalue weighted by atomic mass is 19.4. The Morgan fingerprint density at radius 3 is 2.67 bits per heavy atom. The molecule has 24 heavy (non-hydrogen) atoms. The van der Waals surface area contributed by atoms with Crippen LogP contribution in [0.5, 0.6) is 0 Å². The van der Waals surface area contributed by atoms with Crippen molar-refractivity contribution in [1.82, 2.24) is 15.3 Å². The number of fused-ring (bicyclic) bond motifs is 1. The quantitative estimate of drug-likeness (QED) is 0.874. The van der Waals surface area contributed by atoms with Crippen LogP contribution in [0.15, 0.2) is 0 Å². The third-order valence-corrected chi connectivity index (χ3v) is 4.95. The topological polar surface area (TPSA) is 75.1 Å². The molecule has 0 radical (unpaired) electrons. The van der Waals surface area contributed by atoms with Gasteiger partial charge in [0, 0.05) is 29.1 Å². The summed E-state index contributed by atoms with van der Waals surface area (Å²) < 4.78 is 39.7. The Morgan fingerprint density at radius 1 is 1.38 bits per heavy atom. The molecule has 0 bridgehead atoms. The molecule has 2 N–H and O–H groups in total. The predicted octanol–water partition coefficient (Wildman–Crippen LogP) is 1.80. The van der Waals surface area contributed by atoms with Gasteiger partial charge in [0.2, 0.25) is 5.91 Å². The van der Waals surface area contributed by atoms with Gasteiger partial charge in [-0.25, -0.2) is 9.97 Å². The molecule has 0 spiro atoms. The van der Waals surface area contributed by atoms with E-state index in [9.17, 15) is 23.1 Å². The maximum Gasteiger partial charge on any atom is 0.433 e. The first-order valence-corrected chi connectivity index (χ1v) is 8.06. The van der Waals surface area contributed by atoms with E-state index in [2.05, 4.69) is 15.3 Å². The van der Waals surface area contributed by atoms with Crippen LogP contribution in [-0.4, -0.2) is 34.1 Å². The van der Waals surface area contributed by atoms with Crippen molar-refractivity contribution in [2.75, 3.05) is 13.2 Å². The monoisotopic (exact) mass is 343 g/mol. The summed E-state index contributed by atoms with van der Waals surface area (Å²) in [5.74, 6) is -0.670. The third kappa shape index (κ3) is 3.38. The SMILES string of the molecule is Cc1nc2c(c(C(F)(F)F)n1)CC(C(=O)NCC1(CO)CC1)CC2. The van der Waals surface area contributed by atoms with Crippen molar-refractivity contribution in [2.45, 2.75) is 45.2 Å². The third-order valence-electron chi connectivity index (χ3n) is 4.95. The Labute approximate surface area is 137 Å². The predicted molar refractivity (Wildman–Crippen MR) is 79.0 cm³/mol. The molecule has 1 atom stereocenters. The van der Waals surface area contributed by atoms with Gasteiger partial charge in [0.05, 0.1) is 6.61 Å². The Kier molecular flexibility index (Phi) is 4.27. The first-order chi connectivity index (χ1) is 11.2. The Balaban J connectivity index is 1.75. The summed E-state index contributed by atoms with van der Waals surface area (Å²) in [6.45, 7) is 1.84. The van der Waals surface area contributed by atoms with Crippen molar-refractivity contribution in [3.63, 3.8) is 0 Å². The minimum absolute atomic E-state index is 0.00240. The summed E-state index contributed by atoms with van der Waals surface area (Å²) in [5.41, 5.74) is -0.702. The number of carbonyl (C=O) groups is 1. The largest absolute Gasteiger partial charge is 0.433 e. The average Bonchev–Trinajstić information content (AvgIpc) is 3.31. The minimum Gasteiger partial charge on any atom is -0.396 e. The van der Waals surface area contributed by atoms with Gasteiger partial charge in [-0.1, -0.05) is 0 Å². The van der Waals surface area contributed by atoms with Crippen molar-refractivity contribution >= 4 is 5.91 Å². The molecule has 132 valence electrons. The van der Waals surface area contributed by atoms with Crippen LogP contribution in [0.3, 0.4) is 0 Å². The number of aryl methyl sites for hydroxylation is 2. The molecular formula is C16H20F3N3O2. The van der Waals surface area contributed by atoms with Crippen molar-refractivity contribution in [3.8, 4) is 0 Å². The summed E-state index contributed by atoms with van der Waals surface area (Å²) in [5, 5.41) is 12.1. The lowest BCUT2D eigenvalue weighted by Crippen LogP contribution is -2.39. The summed E-state index contributed by atoms with van der Waals surface area (Å²) in [7, 11) is 0. The second-order valence-electron chi connectivity index (χ2n) is 6.86. The number of halogens is 3. The standard InChI is InChI=1S/C16H20F3N3O2/c1-9-21-12-3-2-10(6-11(12)13(22-9)16(17,18)19)14(24)20-7-15(8-23)4-5-15/h10,23H,2-8H2,1H3,(H,20,24). The molecule has 8 heteroatoms. The number of aliphatic hydroxyl groups excluding tert-OH is 1. The van der Waals surface area contributed by atoms with Crippen LogP contribution in [0.1, 0.15) is 42.0 Å². The summed E-state index contributed by atoms with van der Waals surface area (Å²) >= 11 is 0. The number of hydrogen-bond acceptors (Lipinski definition) is 4. The van der Waals surface area contributed by atoms with Gasteiger partial charge in [-0.05, 0) is 39.0 Å². The maximum absolute atomic E-state index is 13.2. The van der Waals surface area contributed by atoms with Gasteiger partial charge < -0.3 is 10.4 Å². The number of carbonyl (C=O) groups excluding carboxylic acids is 1. The van der Waals surface area contributed by atoms with Gasteiger partial charge in [-0.3, -0.25) is 4.79 Å². The lowest BCUT2D eigenvalue weighted by atomic mass is 9.84. The van der Waals surface area contributed by atoms with Gasteiger partial charge in [-0.2, -0.15) is 13.2 Å². The van der Waals surface area contributed by atoms with E-state index < -0.39 is 17.8 Å². The fourth-order valence-corrected chi connectivity index (χ4v) is 3.18. The van der Waals surface area contributed by atoms with E-state index in [0.29, 0.717) is 25.1 Å². The number of aliphatic hydroxyl groups is 1. The van der Waals surface area contributed by atoms with Crippen LogP contribution in [0.25, 0.3) is 0 Å². The zero-order chi connectivity index (χ0) is 17.5. The van der Waals surface area contributed by atoms with Gasteiger partial charge in [0.1, 0.15) is 5.82 Å². The zero-order valence-electron chi connectivity index (χ0n) is 13.4. The van der Waals surface area contributed by atoms with E-state index in [-0.39, 0.29) is 35.7 Å². The molecule has 0 aliphatic heterocycles. The lowest BCUT2D eigenvalue weighted by molar-refractivity contribution is -0.142. The van der Waals surface area contributed by atoms with E-state index in [4.69, 9.17) is 0 Å². The smallest absolute Gasteiger partial charge is 0.396 e. The Morgan fingerprint density at radius 2 is 2.08 bits per heavy atom. The number of alkyl halides is 3. The molecule has 5 nitrogen and oxygen atoms in total. The van der Waals surface area contributed by atoms with Crippen LogP contribution in [0, 0.1) is 18.3 Å². The Hall–Kier alpha value is -1.70. The van der Waals surface area contributed by atoms with Crippen LogP contribution in [-0.2, 0) is 23.8 Å². The number of rotatable bonds is 4. The Bertz CT molecular complexity index is 657. The highest BCUT2D eigenvalue weighted by molar-refractivity contribution is 5.79. The van der Waals surface area contributed by atoms with Gasteiger partial charge >= 0.3 is 6.18 Å². The molecule has 1 aromatic heterocycles. The van der Waals surface area contributed by atoms with Gasteiger partial charge in [0.15, 0.2) is 5.69 Å². The average molecular weight is 343 g/mol. The van der Waals surface area contributed by atoms with E-state index in [1.807, 2.05) is 0 Å². The van der Waals surface area contributed by atoms with Crippen LogP contribution >= 0.6 is 0 Å². The van der Waals surface area contributed by atoms with E-state index in [1.54, 1.807) is 0 Å². The molecule has 1 aromatic rings. The second kappa shape index (κ2) is 5.98. The number of amides is 1. The molecule has 0 aromatic carbocycles. The molecule has 1 fully saturated rings. The molecule has 1 amide bonds. The lowest BCUT2D eigenvalue weighted by Gasteiger charge is -2.26. The molecule has 1 unspecified atom stereocenters. The summed E-state index contributed by atoms with van der Waals surface area (Å²) in [6.07, 6.45) is -2.01. The number of nitrogens with one attached hydrogen (secondary N) is 1. The molecular weight excluding hydrogens is 323 g/mol. The van der Waals surface area contributed by atoms with Crippen LogP contribution < -0.4 is 5.32 Å². The number of nitrogens with zero attached hydrogens (tertiary/aromatic N) is 2. The zero-order valence-corrected chi connectivity index (χ0v) is 13.4. The fraction of sp³-hybridized carbons (Fsp3) is 0.688. The summed E-state index contributed by atoms with van der Waals surface area (Å²) in [6, 6.07) is 0. The number of aromatic nitrogens is 2.